The molecular weight excluding hydrogens is 322 g/mol. The van der Waals surface area contributed by atoms with Crippen LogP contribution in [0, 0.1) is 23.2 Å². The Morgan fingerprint density at radius 3 is 1.91 bits per heavy atom. The van der Waals surface area contributed by atoms with Crippen LogP contribution in [0.2, 0.25) is 0 Å². The molecule has 4 fully saturated rings. The first-order valence-corrected chi connectivity index (χ1v) is 8.37. The summed E-state index contributed by atoms with van der Waals surface area (Å²) in [6.07, 6.45) is -6.77. The molecule has 7 heteroatoms. The summed E-state index contributed by atoms with van der Waals surface area (Å²) >= 11 is 0. The largest absolute Gasteiger partial charge is 0.426 e. The third kappa shape index (κ3) is 2.48. The smallest absolute Gasteiger partial charge is 0.374 e. The molecule has 0 aromatic carbocycles. The minimum atomic E-state index is -5.70. The molecule has 23 heavy (non-hydrogen) atoms. The molecule has 2 atom stereocenters. The zero-order valence-electron chi connectivity index (χ0n) is 12.8. The van der Waals surface area contributed by atoms with E-state index < -0.39 is 29.8 Å². The standard InChI is InChI=1S/C16H22F6O/c17-15(18,19)14(23,16(20,21)22)9-13-8-2-1-3-12(13)10-4-6-11(13)7-5-10/h10-12,23H,1-9H2. The van der Waals surface area contributed by atoms with Crippen molar-refractivity contribution in [2.45, 2.75) is 75.7 Å². The molecule has 0 spiro atoms. The summed E-state index contributed by atoms with van der Waals surface area (Å²) in [5.41, 5.74) is -5.59. The highest BCUT2D eigenvalue weighted by molar-refractivity contribution is 5.09. The Bertz CT molecular complexity index is 434. The van der Waals surface area contributed by atoms with Crippen molar-refractivity contribution < 1.29 is 31.4 Å². The summed E-state index contributed by atoms with van der Waals surface area (Å²) in [4.78, 5) is 0. The molecule has 0 heterocycles. The Morgan fingerprint density at radius 2 is 1.39 bits per heavy atom. The van der Waals surface area contributed by atoms with E-state index >= 15 is 0 Å². The van der Waals surface area contributed by atoms with Crippen LogP contribution in [0.5, 0.6) is 0 Å². The second kappa shape index (κ2) is 5.27. The van der Waals surface area contributed by atoms with Crippen LogP contribution in [0.25, 0.3) is 0 Å². The number of rotatable bonds is 2. The van der Waals surface area contributed by atoms with Gasteiger partial charge in [-0.05, 0) is 61.7 Å². The van der Waals surface area contributed by atoms with E-state index in [0.717, 1.165) is 19.3 Å². The van der Waals surface area contributed by atoms with Crippen molar-refractivity contribution in [3.05, 3.63) is 0 Å². The molecule has 134 valence electrons. The van der Waals surface area contributed by atoms with Gasteiger partial charge in [-0.2, -0.15) is 26.3 Å². The number of halogens is 6. The average molecular weight is 344 g/mol. The minimum absolute atomic E-state index is 0.0972. The molecule has 2 bridgehead atoms. The third-order valence-electron chi connectivity index (χ3n) is 6.82. The molecule has 0 saturated heterocycles. The van der Waals surface area contributed by atoms with Crippen molar-refractivity contribution in [3.63, 3.8) is 0 Å². The maximum atomic E-state index is 13.2. The molecule has 4 aliphatic rings. The number of hydrogen-bond acceptors (Lipinski definition) is 1. The van der Waals surface area contributed by atoms with Crippen LogP contribution in [0.15, 0.2) is 0 Å². The summed E-state index contributed by atoms with van der Waals surface area (Å²) in [6.45, 7) is 0. The monoisotopic (exact) mass is 344 g/mol. The highest BCUT2D eigenvalue weighted by Crippen LogP contribution is 2.66. The van der Waals surface area contributed by atoms with Gasteiger partial charge in [0.15, 0.2) is 0 Å². The van der Waals surface area contributed by atoms with Gasteiger partial charge in [0, 0.05) is 6.42 Å². The van der Waals surface area contributed by atoms with Gasteiger partial charge in [0.2, 0.25) is 0 Å². The highest BCUT2D eigenvalue weighted by atomic mass is 19.4. The van der Waals surface area contributed by atoms with Crippen LogP contribution in [-0.4, -0.2) is 23.1 Å². The lowest BCUT2D eigenvalue weighted by atomic mass is 9.44. The molecule has 0 aliphatic heterocycles. The lowest BCUT2D eigenvalue weighted by molar-refractivity contribution is -0.382. The Balaban J connectivity index is 2.00. The number of fused-ring (bicyclic) bond motifs is 2. The summed E-state index contributed by atoms with van der Waals surface area (Å²) in [5.74, 6) is 0.0139. The molecular formula is C16H22F6O. The molecule has 1 N–H and O–H groups in total. The van der Waals surface area contributed by atoms with Gasteiger partial charge in [-0.25, -0.2) is 0 Å². The molecule has 0 aromatic heterocycles. The molecule has 4 aliphatic carbocycles. The molecule has 0 aromatic rings. The number of alkyl halides is 6. The molecule has 4 saturated carbocycles. The maximum Gasteiger partial charge on any atom is 0.426 e. The van der Waals surface area contributed by atoms with Crippen molar-refractivity contribution >= 4 is 0 Å². The van der Waals surface area contributed by atoms with Gasteiger partial charge in [-0.3, -0.25) is 0 Å². The van der Waals surface area contributed by atoms with Crippen LogP contribution < -0.4 is 0 Å². The third-order valence-corrected chi connectivity index (χ3v) is 6.82. The fraction of sp³-hybridized carbons (Fsp3) is 1.00. The van der Waals surface area contributed by atoms with Gasteiger partial charge in [-0.1, -0.05) is 12.8 Å². The van der Waals surface area contributed by atoms with E-state index in [1.807, 2.05) is 0 Å². The average Bonchev–Trinajstić information content (AvgIpc) is 2.46. The van der Waals surface area contributed by atoms with Crippen LogP contribution in [0.3, 0.4) is 0 Å². The van der Waals surface area contributed by atoms with Crippen molar-refractivity contribution in [1.29, 1.82) is 0 Å². The molecule has 0 amide bonds. The lowest BCUT2D eigenvalue weighted by Gasteiger charge is -2.61. The summed E-state index contributed by atoms with van der Waals surface area (Å²) < 4.78 is 79.1. The van der Waals surface area contributed by atoms with E-state index in [0.29, 0.717) is 32.1 Å². The van der Waals surface area contributed by atoms with E-state index in [4.69, 9.17) is 0 Å². The Morgan fingerprint density at radius 1 is 0.826 bits per heavy atom. The van der Waals surface area contributed by atoms with Gasteiger partial charge in [-0.15, -0.1) is 0 Å². The summed E-state index contributed by atoms with van der Waals surface area (Å²) in [6, 6.07) is 0. The van der Waals surface area contributed by atoms with E-state index in [1.54, 1.807) is 0 Å². The van der Waals surface area contributed by atoms with Crippen LogP contribution in [-0.2, 0) is 0 Å². The fourth-order valence-electron chi connectivity index (χ4n) is 5.80. The molecule has 0 radical (unpaired) electrons. The highest BCUT2D eigenvalue weighted by Gasteiger charge is 2.73. The first kappa shape index (κ1) is 17.4. The van der Waals surface area contributed by atoms with Crippen molar-refractivity contribution in [2.24, 2.45) is 23.2 Å². The summed E-state index contributed by atoms with van der Waals surface area (Å²) in [7, 11) is 0. The van der Waals surface area contributed by atoms with Gasteiger partial charge in [0.05, 0.1) is 0 Å². The second-order valence-electron chi connectivity index (χ2n) is 7.73. The predicted molar refractivity (Wildman–Crippen MR) is 71.5 cm³/mol. The second-order valence-corrected chi connectivity index (χ2v) is 7.73. The zero-order valence-corrected chi connectivity index (χ0v) is 12.8. The number of hydrogen-bond donors (Lipinski definition) is 1. The zero-order chi connectivity index (χ0) is 17.1. The van der Waals surface area contributed by atoms with Crippen molar-refractivity contribution in [3.8, 4) is 0 Å². The Kier molecular flexibility index (Phi) is 3.98. The Labute approximate surface area is 131 Å². The van der Waals surface area contributed by atoms with Crippen molar-refractivity contribution in [2.75, 3.05) is 0 Å². The van der Waals surface area contributed by atoms with Crippen molar-refractivity contribution in [1.82, 2.24) is 0 Å². The first-order valence-electron chi connectivity index (χ1n) is 8.37. The Hall–Kier alpha value is -0.460. The van der Waals surface area contributed by atoms with Gasteiger partial charge < -0.3 is 5.11 Å². The van der Waals surface area contributed by atoms with Gasteiger partial charge >= 0.3 is 12.4 Å². The van der Waals surface area contributed by atoms with E-state index in [2.05, 4.69) is 0 Å². The normalized spacial score (nSPS) is 38.5. The lowest BCUT2D eigenvalue weighted by Crippen LogP contribution is -2.63. The SMILES string of the molecule is OC(CC12CCCCC1C1CCC2CC1)(C(F)(F)F)C(F)(F)F. The minimum Gasteiger partial charge on any atom is -0.374 e. The molecule has 4 rings (SSSR count). The quantitative estimate of drug-likeness (QED) is 0.680. The van der Waals surface area contributed by atoms with E-state index in [1.165, 1.54) is 0 Å². The van der Waals surface area contributed by atoms with E-state index in [-0.39, 0.29) is 17.8 Å². The van der Waals surface area contributed by atoms with E-state index in [9.17, 15) is 31.4 Å². The predicted octanol–water partition coefficient (Wildman–Crippen LogP) is 5.23. The summed E-state index contributed by atoms with van der Waals surface area (Å²) in [5, 5.41) is 9.75. The maximum absolute atomic E-state index is 13.2. The van der Waals surface area contributed by atoms with Crippen LogP contribution in [0.1, 0.15) is 57.8 Å². The number of aliphatic hydroxyl groups is 1. The molecule has 1 nitrogen and oxygen atoms in total. The topological polar surface area (TPSA) is 20.2 Å². The first-order chi connectivity index (χ1) is 10.5. The van der Waals surface area contributed by atoms with Gasteiger partial charge in [0.25, 0.3) is 5.60 Å². The van der Waals surface area contributed by atoms with Crippen LogP contribution in [0.4, 0.5) is 26.3 Å². The van der Waals surface area contributed by atoms with Crippen LogP contribution >= 0.6 is 0 Å². The fourth-order valence-corrected chi connectivity index (χ4v) is 5.80. The van der Waals surface area contributed by atoms with Gasteiger partial charge in [0.1, 0.15) is 0 Å². The molecule has 2 unspecified atom stereocenters.